The van der Waals surface area contributed by atoms with Gasteiger partial charge in [-0.05, 0) is 24.0 Å². The highest BCUT2D eigenvalue weighted by molar-refractivity contribution is 5.87. The van der Waals surface area contributed by atoms with Crippen LogP contribution in [0.25, 0.3) is 0 Å². The molecule has 1 amide bonds. The Hall–Kier alpha value is -2.95. The van der Waals surface area contributed by atoms with Crippen LogP contribution in [0, 0.1) is 0 Å². The largest absolute Gasteiger partial charge is 0.337 e. The van der Waals surface area contributed by atoms with Crippen molar-refractivity contribution in [1.82, 2.24) is 19.9 Å². The van der Waals surface area contributed by atoms with Crippen molar-refractivity contribution in [2.45, 2.75) is 30.7 Å². The minimum absolute atomic E-state index is 0.159. The Morgan fingerprint density at radius 3 is 2.07 bits per heavy atom. The number of hydrogen-bond acceptors (Lipinski definition) is 3. The van der Waals surface area contributed by atoms with Crippen molar-refractivity contribution >= 4 is 5.91 Å². The standard InChI is InChI=1S/C22H22N4O/c27-22(21(17-7-3-1-4-8-17)18-9-5-2-6-10-18)25-13-19(14-25)26-15-20(23-24-26)16-11-12-16/h1-10,15-16,19,21H,11-14H2. The van der Waals surface area contributed by atoms with Gasteiger partial charge in [-0.3, -0.25) is 4.79 Å². The van der Waals surface area contributed by atoms with Gasteiger partial charge in [-0.2, -0.15) is 0 Å². The first-order valence-corrected chi connectivity index (χ1v) is 9.60. The molecule has 1 aliphatic carbocycles. The second kappa shape index (κ2) is 6.65. The van der Waals surface area contributed by atoms with Crippen LogP contribution in [0.4, 0.5) is 0 Å². The minimum Gasteiger partial charge on any atom is -0.337 e. The van der Waals surface area contributed by atoms with E-state index in [9.17, 15) is 4.79 Å². The summed E-state index contributed by atoms with van der Waals surface area (Å²) in [6.45, 7) is 1.39. The van der Waals surface area contributed by atoms with Crippen LogP contribution in [0.2, 0.25) is 0 Å². The number of carbonyl (C=O) groups excluding carboxylic acids is 1. The highest BCUT2D eigenvalue weighted by Crippen LogP contribution is 2.39. The fraction of sp³-hybridized carbons (Fsp3) is 0.318. The molecule has 5 rings (SSSR count). The molecule has 2 heterocycles. The molecule has 0 atom stereocenters. The van der Waals surface area contributed by atoms with Crippen LogP contribution in [-0.2, 0) is 4.79 Å². The molecule has 2 aliphatic rings. The van der Waals surface area contributed by atoms with Crippen LogP contribution in [0.5, 0.6) is 0 Å². The zero-order valence-corrected chi connectivity index (χ0v) is 15.1. The number of rotatable bonds is 5. The van der Waals surface area contributed by atoms with Crippen LogP contribution in [0.3, 0.4) is 0 Å². The second-order valence-electron chi connectivity index (χ2n) is 7.55. The van der Waals surface area contributed by atoms with Gasteiger partial charge in [0.1, 0.15) is 0 Å². The monoisotopic (exact) mass is 358 g/mol. The third-order valence-electron chi connectivity index (χ3n) is 5.58. The van der Waals surface area contributed by atoms with Crippen molar-refractivity contribution in [3.05, 3.63) is 83.7 Å². The van der Waals surface area contributed by atoms with E-state index >= 15 is 0 Å². The molecule has 0 unspecified atom stereocenters. The highest BCUT2D eigenvalue weighted by Gasteiger charge is 2.38. The Bertz CT molecular complexity index is 888. The van der Waals surface area contributed by atoms with Crippen LogP contribution in [0.15, 0.2) is 66.9 Å². The highest BCUT2D eigenvalue weighted by atomic mass is 16.2. The maximum absolute atomic E-state index is 13.3. The van der Waals surface area contributed by atoms with Crippen LogP contribution < -0.4 is 0 Å². The normalized spacial score (nSPS) is 17.1. The minimum atomic E-state index is -0.258. The summed E-state index contributed by atoms with van der Waals surface area (Å²) in [4.78, 5) is 15.2. The molecular formula is C22H22N4O. The van der Waals surface area contributed by atoms with Crippen LogP contribution in [0.1, 0.15) is 47.5 Å². The Morgan fingerprint density at radius 2 is 1.52 bits per heavy atom. The van der Waals surface area contributed by atoms with E-state index in [1.807, 2.05) is 70.2 Å². The fourth-order valence-electron chi connectivity index (χ4n) is 3.79. The van der Waals surface area contributed by atoms with Crippen LogP contribution >= 0.6 is 0 Å². The van der Waals surface area contributed by atoms with Crippen molar-refractivity contribution in [2.24, 2.45) is 0 Å². The first-order valence-electron chi connectivity index (χ1n) is 9.60. The van der Waals surface area contributed by atoms with Gasteiger partial charge in [-0.15, -0.1) is 5.10 Å². The molecule has 5 heteroatoms. The van der Waals surface area contributed by atoms with Gasteiger partial charge in [0.25, 0.3) is 0 Å². The molecule has 1 aliphatic heterocycles. The molecule has 2 fully saturated rings. The van der Waals surface area contributed by atoms with Gasteiger partial charge in [0.2, 0.25) is 5.91 Å². The van der Waals surface area contributed by atoms with E-state index in [4.69, 9.17) is 0 Å². The molecule has 1 saturated heterocycles. The summed E-state index contributed by atoms with van der Waals surface area (Å²) in [5, 5.41) is 8.57. The molecule has 1 aromatic heterocycles. The van der Waals surface area contributed by atoms with E-state index < -0.39 is 0 Å². The molecule has 3 aromatic rings. The van der Waals surface area contributed by atoms with E-state index in [0.717, 1.165) is 16.8 Å². The molecule has 0 bridgehead atoms. The van der Waals surface area contributed by atoms with E-state index in [-0.39, 0.29) is 17.9 Å². The first kappa shape index (κ1) is 16.2. The number of benzene rings is 2. The summed E-state index contributed by atoms with van der Waals surface area (Å²) in [5.41, 5.74) is 3.18. The Balaban J connectivity index is 1.33. The summed E-state index contributed by atoms with van der Waals surface area (Å²) in [7, 11) is 0. The van der Waals surface area contributed by atoms with E-state index in [2.05, 4.69) is 16.5 Å². The number of nitrogens with zero attached hydrogens (tertiary/aromatic N) is 4. The lowest BCUT2D eigenvalue weighted by molar-refractivity contribution is -0.137. The van der Waals surface area contributed by atoms with Gasteiger partial charge >= 0.3 is 0 Å². The van der Waals surface area contributed by atoms with Crippen molar-refractivity contribution in [1.29, 1.82) is 0 Å². The zero-order chi connectivity index (χ0) is 18.2. The molecule has 1 saturated carbocycles. The average molecular weight is 358 g/mol. The molecule has 27 heavy (non-hydrogen) atoms. The Labute approximate surface area is 158 Å². The van der Waals surface area contributed by atoms with Gasteiger partial charge in [0.05, 0.1) is 17.7 Å². The number of likely N-dealkylation sites (tertiary alicyclic amines) is 1. The van der Waals surface area contributed by atoms with Crippen LogP contribution in [-0.4, -0.2) is 38.9 Å². The second-order valence-corrected chi connectivity index (χ2v) is 7.55. The number of amides is 1. The smallest absolute Gasteiger partial charge is 0.234 e. The van der Waals surface area contributed by atoms with E-state index in [0.29, 0.717) is 19.0 Å². The first-order chi connectivity index (χ1) is 13.3. The summed E-state index contributed by atoms with van der Waals surface area (Å²) < 4.78 is 1.94. The lowest BCUT2D eigenvalue weighted by Crippen LogP contribution is -2.52. The predicted octanol–water partition coefficient (Wildman–Crippen LogP) is 3.37. The number of hydrogen-bond donors (Lipinski definition) is 0. The molecule has 0 N–H and O–H groups in total. The van der Waals surface area contributed by atoms with Gasteiger partial charge < -0.3 is 4.90 Å². The Kier molecular flexibility index (Phi) is 4.00. The topological polar surface area (TPSA) is 51.0 Å². The zero-order valence-electron chi connectivity index (χ0n) is 15.1. The van der Waals surface area contributed by atoms with E-state index in [1.54, 1.807) is 0 Å². The molecule has 2 aromatic carbocycles. The fourth-order valence-corrected chi connectivity index (χ4v) is 3.79. The maximum atomic E-state index is 13.3. The molecule has 0 spiro atoms. The lowest BCUT2D eigenvalue weighted by Gasteiger charge is -2.40. The maximum Gasteiger partial charge on any atom is 0.234 e. The SMILES string of the molecule is O=C(C(c1ccccc1)c1ccccc1)N1CC(n2cc(C3CC3)nn2)C1. The third kappa shape index (κ3) is 3.14. The van der Waals surface area contributed by atoms with Crippen molar-refractivity contribution in [3.63, 3.8) is 0 Å². The molecule has 136 valence electrons. The summed E-state index contributed by atoms with van der Waals surface area (Å²) in [6, 6.07) is 20.3. The predicted molar refractivity (Wildman–Crippen MR) is 102 cm³/mol. The number of carbonyl (C=O) groups is 1. The van der Waals surface area contributed by atoms with Crippen molar-refractivity contribution < 1.29 is 4.79 Å². The summed E-state index contributed by atoms with van der Waals surface area (Å²) in [5.74, 6) is 0.509. The quantitative estimate of drug-likeness (QED) is 0.703. The molecule has 5 nitrogen and oxygen atoms in total. The lowest BCUT2D eigenvalue weighted by atomic mass is 9.89. The summed E-state index contributed by atoms with van der Waals surface area (Å²) in [6.07, 6.45) is 4.52. The molecule has 0 radical (unpaired) electrons. The van der Waals surface area contributed by atoms with Gasteiger partial charge in [0, 0.05) is 25.2 Å². The van der Waals surface area contributed by atoms with E-state index in [1.165, 1.54) is 12.8 Å². The average Bonchev–Trinajstić information content (AvgIpc) is 3.41. The van der Waals surface area contributed by atoms with Crippen molar-refractivity contribution in [2.75, 3.05) is 13.1 Å². The summed E-state index contributed by atoms with van der Waals surface area (Å²) >= 11 is 0. The van der Waals surface area contributed by atoms with Gasteiger partial charge in [0.15, 0.2) is 0 Å². The van der Waals surface area contributed by atoms with Crippen molar-refractivity contribution in [3.8, 4) is 0 Å². The third-order valence-corrected chi connectivity index (χ3v) is 5.58. The Morgan fingerprint density at radius 1 is 0.926 bits per heavy atom. The van der Waals surface area contributed by atoms with Gasteiger partial charge in [-0.1, -0.05) is 65.9 Å². The number of aromatic nitrogens is 3. The molecular weight excluding hydrogens is 336 g/mol. The van der Waals surface area contributed by atoms with Gasteiger partial charge in [-0.25, -0.2) is 4.68 Å².